The summed E-state index contributed by atoms with van der Waals surface area (Å²) in [4.78, 5) is 0. The van der Waals surface area contributed by atoms with E-state index in [1.165, 1.54) is 5.56 Å². The van der Waals surface area contributed by atoms with Gasteiger partial charge in [0.2, 0.25) is 0 Å². The van der Waals surface area contributed by atoms with Crippen molar-refractivity contribution in [2.24, 2.45) is 11.7 Å². The van der Waals surface area contributed by atoms with Crippen LogP contribution < -0.4 is 15.2 Å². The normalized spacial score (nSPS) is 14.1. The van der Waals surface area contributed by atoms with Gasteiger partial charge in [-0.15, -0.1) is 0 Å². The third-order valence-corrected chi connectivity index (χ3v) is 3.01. The van der Waals surface area contributed by atoms with Gasteiger partial charge in [0.05, 0.1) is 13.7 Å². The summed E-state index contributed by atoms with van der Waals surface area (Å²) in [6.07, 6.45) is 1.97. The lowest BCUT2D eigenvalue weighted by Gasteiger charge is -2.15. The zero-order valence-electron chi connectivity index (χ0n) is 11.9. The Hall–Kier alpha value is -1.22. The fraction of sp³-hybridized carbons (Fsp3) is 0.600. The van der Waals surface area contributed by atoms with Gasteiger partial charge in [0.1, 0.15) is 0 Å². The highest BCUT2D eigenvalue weighted by Crippen LogP contribution is 2.29. The van der Waals surface area contributed by atoms with E-state index >= 15 is 0 Å². The summed E-state index contributed by atoms with van der Waals surface area (Å²) >= 11 is 0. The highest BCUT2D eigenvalue weighted by Gasteiger charge is 2.08. The highest BCUT2D eigenvalue weighted by atomic mass is 16.5. The molecule has 0 saturated heterocycles. The van der Waals surface area contributed by atoms with E-state index in [1.807, 2.05) is 19.1 Å². The number of benzene rings is 1. The van der Waals surface area contributed by atoms with Crippen LogP contribution in [0.15, 0.2) is 18.2 Å². The van der Waals surface area contributed by atoms with E-state index < -0.39 is 0 Å². The molecule has 0 radical (unpaired) electrons. The van der Waals surface area contributed by atoms with Crippen molar-refractivity contribution in [2.45, 2.75) is 39.7 Å². The van der Waals surface area contributed by atoms with Crippen molar-refractivity contribution in [3.63, 3.8) is 0 Å². The van der Waals surface area contributed by atoms with E-state index in [9.17, 15) is 0 Å². The molecule has 2 atom stereocenters. The molecule has 2 unspecified atom stereocenters. The summed E-state index contributed by atoms with van der Waals surface area (Å²) in [6.45, 7) is 7.06. The van der Waals surface area contributed by atoms with E-state index in [4.69, 9.17) is 15.2 Å². The maximum atomic E-state index is 5.80. The molecule has 0 aromatic heterocycles. The molecule has 0 fully saturated rings. The SMILES string of the molecule is CCC(C)COc1ccc(CC(C)N)cc1OC. The monoisotopic (exact) mass is 251 g/mol. The molecule has 3 nitrogen and oxygen atoms in total. The molecule has 1 aromatic rings. The van der Waals surface area contributed by atoms with Gasteiger partial charge < -0.3 is 15.2 Å². The molecule has 2 N–H and O–H groups in total. The van der Waals surface area contributed by atoms with E-state index in [0.717, 1.165) is 30.9 Å². The summed E-state index contributed by atoms with van der Waals surface area (Å²) in [5.41, 5.74) is 6.98. The van der Waals surface area contributed by atoms with Gasteiger partial charge in [-0.3, -0.25) is 0 Å². The second kappa shape index (κ2) is 7.27. The maximum absolute atomic E-state index is 5.80. The Labute approximate surface area is 110 Å². The number of methoxy groups -OCH3 is 1. The molecule has 0 aliphatic carbocycles. The van der Waals surface area contributed by atoms with Gasteiger partial charge in [0.15, 0.2) is 11.5 Å². The van der Waals surface area contributed by atoms with Crippen LogP contribution in [0.3, 0.4) is 0 Å². The van der Waals surface area contributed by atoms with Crippen LogP contribution in [0.5, 0.6) is 11.5 Å². The van der Waals surface area contributed by atoms with Crippen molar-refractivity contribution in [1.82, 2.24) is 0 Å². The molecule has 0 saturated carbocycles. The van der Waals surface area contributed by atoms with Gasteiger partial charge in [0.25, 0.3) is 0 Å². The lowest BCUT2D eigenvalue weighted by Crippen LogP contribution is -2.17. The topological polar surface area (TPSA) is 44.5 Å². The quantitative estimate of drug-likeness (QED) is 0.810. The molecule has 102 valence electrons. The van der Waals surface area contributed by atoms with E-state index in [2.05, 4.69) is 19.9 Å². The van der Waals surface area contributed by atoms with Crippen LogP contribution in [0.1, 0.15) is 32.8 Å². The Morgan fingerprint density at radius 1 is 1.22 bits per heavy atom. The van der Waals surface area contributed by atoms with Crippen LogP contribution in [0, 0.1) is 5.92 Å². The van der Waals surface area contributed by atoms with Gasteiger partial charge >= 0.3 is 0 Å². The number of nitrogens with two attached hydrogens (primary N) is 1. The first kappa shape index (κ1) is 14.8. The zero-order chi connectivity index (χ0) is 13.5. The molecule has 0 heterocycles. The van der Waals surface area contributed by atoms with E-state index in [-0.39, 0.29) is 6.04 Å². The average molecular weight is 251 g/mol. The van der Waals surface area contributed by atoms with Crippen molar-refractivity contribution < 1.29 is 9.47 Å². The molecule has 18 heavy (non-hydrogen) atoms. The molecule has 0 spiro atoms. The smallest absolute Gasteiger partial charge is 0.161 e. The molecular formula is C15H25NO2. The minimum Gasteiger partial charge on any atom is -0.493 e. The van der Waals surface area contributed by atoms with Crippen LogP contribution >= 0.6 is 0 Å². The van der Waals surface area contributed by atoms with Crippen LogP contribution in [0.2, 0.25) is 0 Å². The second-order valence-electron chi connectivity index (χ2n) is 4.99. The Bertz CT molecular complexity index is 364. The molecule has 0 aliphatic rings. The first-order valence-electron chi connectivity index (χ1n) is 6.62. The first-order valence-corrected chi connectivity index (χ1v) is 6.62. The van der Waals surface area contributed by atoms with E-state index in [1.54, 1.807) is 7.11 Å². The lowest BCUT2D eigenvalue weighted by molar-refractivity contribution is 0.244. The third-order valence-electron chi connectivity index (χ3n) is 3.01. The van der Waals surface area contributed by atoms with Crippen LogP contribution in [-0.2, 0) is 6.42 Å². The van der Waals surface area contributed by atoms with Crippen LogP contribution in [0.4, 0.5) is 0 Å². The van der Waals surface area contributed by atoms with Gasteiger partial charge in [0, 0.05) is 6.04 Å². The summed E-state index contributed by atoms with van der Waals surface area (Å²) in [5, 5.41) is 0. The number of rotatable bonds is 7. The fourth-order valence-electron chi connectivity index (χ4n) is 1.68. The standard InChI is InChI=1S/C15H25NO2/c1-5-11(2)10-18-14-7-6-13(8-12(3)16)9-15(14)17-4/h6-7,9,11-12H,5,8,10,16H2,1-4H3. The second-order valence-corrected chi connectivity index (χ2v) is 4.99. The summed E-state index contributed by atoms with van der Waals surface area (Å²) < 4.78 is 11.2. The summed E-state index contributed by atoms with van der Waals surface area (Å²) in [5.74, 6) is 2.15. The van der Waals surface area contributed by atoms with E-state index in [0.29, 0.717) is 5.92 Å². The summed E-state index contributed by atoms with van der Waals surface area (Å²) in [6, 6.07) is 6.19. The van der Waals surface area contributed by atoms with Crippen LogP contribution in [-0.4, -0.2) is 19.8 Å². The van der Waals surface area contributed by atoms with Gasteiger partial charge in [-0.1, -0.05) is 26.3 Å². The molecule has 1 rings (SSSR count). The molecule has 0 aliphatic heterocycles. The number of hydrogen-bond donors (Lipinski definition) is 1. The number of hydrogen-bond acceptors (Lipinski definition) is 3. The molecule has 0 amide bonds. The maximum Gasteiger partial charge on any atom is 0.161 e. The average Bonchev–Trinajstić information content (AvgIpc) is 2.35. The molecular weight excluding hydrogens is 226 g/mol. The lowest BCUT2D eigenvalue weighted by atomic mass is 10.1. The molecule has 3 heteroatoms. The first-order chi connectivity index (χ1) is 8.56. The highest BCUT2D eigenvalue weighted by molar-refractivity contribution is 5.43. The minimum absolute atomic E-state index is 0.154. The Morgan fingerprint density at radius 3 is 2.50 bits per heavy atom. The van der Waals surface area contributed by atoms with Crippen molar-refractivity contribution in [3.8, 4) is 11.5 Å². The van der Waals surface area contributed by atoms with Gasteiger partial charge in [-0.05, 0) is 37.0 Å². The zero-order valence-corrected chi connectivity index (χ0v) is 11.9. The fourth-order valence-corrected chi connectivity index (χ4v) is 1.68. The van der Waals surface area contributed by atoms with Crippen molar-refractivity contribution in [1.29, 1.82) is 0 Å². The van der Waals surface area contributed by atoms with Gasteiger partial charge in [-0.25, -0.2) is 0 Å². The Balaban J connectivity index is 2.73. The van der Waals surface area contributed by atoms with Gasteiger partial charge in [-0.2, -0.15) is 0 Å². The Morgan fingerprint density at radius 2 is 1.94 bits per heavy atom. The Kier molecular flexibility index (Phi) is 5.99. The van der Waals surface area contributed by atoms with Crippen molar-refractivity contribution in [3.05, 3.63) is 23.8 Å². The molecule has 1 aromatic carbocycles. The predicted molar refractivity (Wildman–Crippen MR) is 75.3 cm³/mol. The summed E-state index contributed by atoms with van der Waals surface area (Å²) in [7, 11) is 1.67. The predicted octanol–water partition coefficient (Wildman–Crippen LogP) is 3.01. The van der Waals surface area contributed by atoms with Crippen molar-refractivity contribution in [2.75, 3.05) is 13.7 Å². The minimum atomic E-state index is 0.154. The largest absolute Gasteiger partial charge is 0.493 e. The van der Waals surface area contributed by atoms with Crippen LogP contribution in [0.25, 0.3) is 0 Å². The number of ether oxygens (including phenoxy) is 2. The third kappa shape index (κ3) is 4.57. The van der Waals surface area contributed by atoms with Crippen molar-refractivity contribution >= 4 is 0 Å². The molecule has 0 bridgehead atoms.